The maximum Gasteiger partial charge on any atom is 0.234 e. The highest BCUT2D eigenvalue weighted by atomic mass is 32.1. The number of nitrogens with zero attached hydrogens (tertiary/aromatic N) is 3. The summed E-state index contributed by atoms with van der Waals surface area (Å²) < 4.78 is 0. The van der Waals surface area contributed by atoms with E-state index in [4.69, 9.17) is 4.98 Å². The number of hydrogen-bond acceptors (Lipinski definition) is 5. The molecule has 1 aliphatic rings. The second-order valence-corrected chi connectivity index (χ2v) is 7.20. The van der Waals surface area contributed by atoms with E-state index in [-0.39, 0.29) is 11.9 Å². The van der Waals surface area contributed by atoms with E-state index in [1.54, 1.807) is 11.3 Å². The van der Waals surface area contributed by atoms with E-state index < -0.39 is 0 Å². The number of amides is 1. The Hall–Kier alpha value is -1.92. The van der Waals surface area contributed by atoms with E-state index in [1.807, 2.05) is 32.0 Å². The van der Waals surface area contributed by atoms with Gasteiger partial charge in [-0.05, 0) is 13.8 Å². The fraction of sp³-hybridized carbons (Fsp3) is 0.444. The molecule has 1 N–H and O–H groups in total. The number of piperazine rings is 1. The van der Waals surface area contributed by atoms with Crippen LogP contribution in [0.1, 0.15) is 13.8 Å². The van der Waals surface area contributed by atoms with E-state index in [1.165, 1.54) is 0 Å². The number of aromatic nitrogens is 1. The van der Waals surface area contributed by atoms with E-state index in [2.05, 4.69) is 32.6 Å². The van der Waals surface area contributed by atoms with Crippen molar-refractivity contribution in [3.05, 3.63) is 35.7 Å². The first-order valence-corrected chi connectivity index (χ1v) is 9.27. The maximum atomic E-state index is 11.9. The molecule has 0 bridgehead atoms. The molecule has 3 rings (SSSR count). The fourth-order valence-corrected chi connectivity index (χ4v) is 3.71. The van der Waals surface area contributed by atoms with Crippen molar-refractivity contribution < 1.29 is 4.79 Å². The minimum absolute atomic E-state index is 0.110. The van der Waals surface area contributed by atoms with Gasteiger partial charge in [-0.15, -0.1) is 11.3 Å². The molecule has 2 heterocycles. The van der Waals surface area contributed by atoms with Crippen molar-refractivity contribution in [2.45, 2.75) is 19.9 Å². The van der Waals surface area contributed by atoms with Gasteiger partial charge in [0.25, 0.3) is 0 Å². The number of benzene rings is 1. The highest BCUT2D eigenvalue weighted by Crippen LogP contribution is 2.27. The van der Waals surface area contributed by atoms with Gasteiger partial charge in [0.15, 0.2) is 5.13 Å². The Morgan fingerprint density at radius 2 is 1.92 bits per heavy atom. The Balaban J connectivity index is 1.54. The summed E-state index contributed by atoms with van der Waals surface area (Å²) in [6.07, 6.45) is 0. The van der Waals surface area contributed by atoms with Crippen LogP contribution in [0.4, 0.5) is 5.13 Å². The van der Waals surface area contributed by atoms with Crippen LogP contribution in [0.15, 0.2) is 35.7 Å². The molecule has 1 saturated heterocycles. The van der Waals surface area contributed by atoms with Crippen LogP contribution < -0.4 is 10.2 Å². The lowest BCUT2D eigenvalue weighted by molar-refractivity contribution is -0.122. The number of carbonyl (C=O) groups is 1. The molecule has 0 saturated carbocycles. The molecule has 1 aliphatic heterocycles. The average molecular weight is 344 g/mol. The number of anilines is 1. The third kappa shape index (κ3) is 4.33. The largest absolute Gasteiger partial charge is 0.353 e. The number of thiazole rings is 1. The summed E-state index contributed by atoms with van der Waals surface area (Å²) in [4.78, 5) is 21.2. The summed E-state index contributed by atoms with van der Waals surface area (Å²) in [7, 11) is 0. The van der Waals surface area contributed by atoms with Gasteiger partial charge in [0.2, 0.25) is 5.91 Å². The van der Waals surface area contributed by atoms with Gasteiger partial charge in [-0.1, -0.05) is 30.3 Å². The van der Waals surface area contributed by atoms with E-state index in [0.29, 0.717) is 6.54 Å². The number of nitrogens with one attached hydrogen (secondary N) is 1. The van der Waals surface area contributed by atoms with Crippen molar-refractivity contribution in [2.75, 3.05) is 37.6 Å². The van der Waals surface area contributed by atoms with Crippen LogP contribution in [0.3, 0.4) is 0 Å². The molecule has 1 aromatic heterocycles. The summed E-state index contributed by atoms with van der Waals surface area (Å²) >= 11 is 1.69. The highest BCUT2D eigenvalue weighted by molar-refractivity contribution is 7.14. The smallest absolute Gasteiger partial charge is 0.234 e. The fourth-order valence-electron chi connectivity index (χ4n) is 2.82. The Kier molecular flexibility index (Phi) is 5.48. The first kappa shape index (κ1) is 16.9. The van der Waals surface area contributed by atoms with Crippen molar-refractivity contribution >= 4 is 22.4 Å². The van der Waals surface area contributed by atoms with E-state index in [9.17, 15) is 4.79 Å². The minimum atomic E-state index is 0.110. The lowest BCUT2D eigenvalue weighted by Gasteiger charge is -2.34. The normalized spacial score (nSPS) is 15.7. The summed E-state index contributed by atoms with van der Waals surface area (Å²) in [5, 5.41) is 6.14. The Bertz CT molecular complexity index is 663. The molecule has 0 atom stereocenters. The predicted octanol–water partition coefficient (Wildman–Crippen LogP) is 2.46. The van der Waals surface area contributed by atoms with Gasteiger partial charge in [-0.25, -0.2) is 4.98 Å². The number of rotatable bonds is 5. The lowest BCUT2D eigenvalue weighted by atomic mass is 10.2. The van der Waals surface area contributed by atoms with Gasteiger partial charge in [-0.3, -0.25) is 9.69 Å². The van der Waals surface area contributed by atoms with Crippen LogP contribution in [0.25, 0.3) is 11.3 Å². The number of hydrogen-bond donors (Lipinski definition) is 1. The molecule has 0 unspecified atom stereocenters. The molecule has 1 amide bonds. The first-order chi connectivity index (χ1) is 11.6. The van der Waals surface area contributed by atoms with E-state index in [0.717, 1.165) is 42.6 Å². The molecule has 6 heteroatoms. The summed E-state index contributed by atoms with van der Waals surface area (Å²) in [6.45, 7) is 8.08. The first-order valence-electron chi connectivity index (χ1n) is 8.39. The van der Waals surface area contributed by atoms with Crippen LogP contribution in [0.2, 0.25) is 0 Å². The molecule has 0 radical (unpaired) electrons. The zero-order chi connectivity index (χ0) is 16.9. The molecule has 0 spiro atoms. The van der Waals surface area contributed by atoms with Gasteiger partial charge in [0, 0.05) is 43.2 Å². The van der Waals surface area contributed by atoms with Crippen molar-refractivity contribution in [3.8, 4) is 11.3 Å². The molecule has 128 valence electrons. The topological polar surface area (TPSA) is 48.5 Å². The molecular formula is C18H24N4OS. The summed E-state index contributed by atoms with van der Waals surface area (Å²) in [6, 6.07) is 10.5. The van der Waals surface area contributed by atoms with Crippen LogP contribution >= 0.6 is 11.3 Å². The van der Waals surface area contributed by atoms with E-state index >= 15 is 0 Å². The van der Waals surface area contributed by atoms with Crippen molar-refractivity contribution in [1.29, 1.82) is 0 Å². The summed E-state index contributed by atoms with van der Waals surface area (Å²) in [5.74, 6) is 0.110. The lowest BCUT2D eigenvalue weighted by Crippen LogP contribution is -2.50. The summed E-state index contributed by atoms with van der Waals surface area (Å²) in [5.41, 5.74) is 2.19. The minimum Gasteiger partial charge on any atom is -0.353 e. The van der Waals surface area contributed by atoms with Crippen LogP contribution in [0.5, 0.6) is 0 Å². The average Bonchev–Trinajstić information content (AvgIpc) is 3.05. The molecular weight excluding hydrogens is 320 g/mol. The zero-order valence-electron chi connectivity index (χ0n) is 14.2. The van der Waals surface area contributed by atoms with Gasteiger partial charge in [0.05, 0.1) is 12.2 Å². The molecule has 2 aromatic rings. The van der Waals surface area contributed by atoms with Crippen molar-refractivity contribution in [2.24, 2.45) is 0 Å². The van der Waals surface area contributed by atoms with Crippen LogP contribution in [-0.2, 0) is 4.79 Å². The maximum absolute atomic E-state index is 11.9. The standard InChI is InChI=1S/C18H24N4OS/c1-14(2)19-17(23)12-21-8-10-22(11-9-21)18-20-16(13-24-18)15-6-4-3-5-7-15/h3-7,13-14H,8-12H2,1-2H3,(H,19,23). The van der Waals surface area contributed by atoms with Crippen LogP contribution in [0, 0.1) is 0 Å². The molecule has 1 aromatic carbocycles. The molecule has 24 heavy (non-hydrogen) atoms. The monoisotopic (exact) mass is 344 g/mol. The zero-order valence-corrected chi connectivity index (χ0v) is 15.1. The van der Waals surface area contributed by atoms with Gasteiger partial charge in [0.1, 0.15) is 0 Å². The van der Waals surface area contributed by atoms with Gasteiger partial charge < -0.3 is 10.2 Å². The quantitative estimate of drug-likeness (QED) is 0.905. The number of carbonyl (C=O) groups excluding carboxylic acids is 1. The highest BCUT2D eigenvalue weighted by Gasteiger charge is 2.21. The Morgan fingerprint density at radius 1 is 1.21 bits per heavy atom. The molecule has 0 aliphatic carbocycles. The second-order valence-electron chi connectivity index (χ2n) is 6.37. The molecule has 1 fully saturated rings. The third-order valence-electron chi connectivity index (χ3n) is 4.02. The second kappa shape index (κ2) is 7.77. The SMILES string of the molecule is CC(C)NC(=O)CN1CCN(c2nc(-c3ccccc3)cs2)CC1. The Labute approximate surface area is 147 Å². The van der Waals surface area contributed by atoms with Gasteiger partial charge >= 0.3 is 0 Å². The third-order valence-corrected chi connectivity index (χ3v) is 4.92. The Morgan fingerprint density at radius 3 is 2.58 bits per heavy atom. The van der Waals surface area contributed by atoms with Crippen molar-refractivity contribution in [1.82, 2.24) is 15.2 Å². The predicted molar refractivity (Wildman–Crippen MR) is 99.5 cm³/mol. The van der Waals surface area contributed by atoms with Crippen LogP contribution in [-0.4, -0.2) is 54.6 Å². The van der Waals surface area contributed by atoms with Crippen molar-refractivity contribution in [3.63, 3.8) is 0 Å². The van der Waals surface area contributed by atoms with Gasteiger partial charge in [-0.2, -0.15) is 0 Å². The molecule has 5 nitrogen and oxygen atoms in total.